The van der Waals surface area contributed by atoms with E-state index in [4.69, 9.17) is 14.7 Å². The molecule has 0 radical (unpaired) electrons. The van der Waals surface area contributed by atoms with Crippen LogP contribution < -0.4 is 10.1 Å². The molecule has 6 nitrogen and oxygen atoms in total. The van der Waals surface area contributed by atoms with Crippen LogP contribution >= 0.6 is 0 Å². The first-order valence-electron chi connectivity index (χ1n) is 5.89. The normalized spacial score (nSPS) is 10.3. The predicted octanol–water partition coefficient (Wildman–Crippen LogP) is 1.87. The van der Waals surface area contributed by atoms with Gasteiger partial charge in [0.25, 0.3) is 0 Å². The van der Waals surface area contributed by atoms with Crippen molar-refractivity contribution in [2.45, 2.75) is 6.92 Å². The third-order valence-electron chi connectivity index (χ3n) is 2.22. The number of rotatable bonds is 4. The zero-order chi connectivity index (χ0) is 15.0. The highest BCUT2D eigenvalue weighted by atomic mass is 16.6. The second kappa shape index (κ2) is 7.59. The number of carbonyl (C=O) groups excluding carboxylic acids is 2. The highest BCUT2D eigenvalue weighted by Gasteiger charge is 2.09. The van der Waals surface area contributed by atoms with Gasteiger partial charge >= 0.3 is 12.1 Å². The molecule has 0 bridgehead atoms. The Morgan fingerprint density at radius 3 is 2.50 bits per heavy atom. The second-order valence-electron chi connectivity index (χ2n) is 3.60. The average molecular weight is 274 g/mol. The predicted molar refractivity (Wildman–Crippen MR) is 71.7 cm³/mol. The Hall–Kier alpha value is -2.81. The lowest BCUT2D eigenvalue weighted by atomic mass is 10.1. The Bertz CT molecular complexity index is 556. The first-order chi connectivity index (χ1) is 9.60. The van der Waals surface area contributed by atoms with Gasteiger partial charge in [-0.2, -0.15) is 5.26 Å². The van der Waals surface area contributed by atoms with Gasteiger partial charge in [-0.3, -0.25) is 0 Å². The standard InChI is InChI=1S/C14H14N2O4/c1-3-19-13(17)11(9-15)8-10-4-6-12(7-5-10)20-14(18)16-2/h4-8H,3H2,1-2H3,(H,16,18)/b11-8+. The van der Waals surface area contributed by atoms with Gasteiger partial charge in [-0.05, 0) is 30.7 Å². The molecule has 0 aromatic heterocycles. The number of benzene rings is 1. The number of hydrogen-bond donors (Lipinski definition) is 1. The number of nitrogens with one attached hydrogen (secondary N) is 1. The van der Waals surface area contributed by atoms with Gasteiger partial charge in [0.1, 0.15) is 17.4 Å². The Balaban J connectivity index is 2.85. The number of amides is 1. The molecule has 0 unspecified atom stereocenters. The van der Waals surface area contributed by atoms with E-state index < -0.39 is 12.1 Å². The molecule has 0 saturated heterocycles. The number of nitriles is 1. The molecule has 0 aliphatic heterocycles. The maximum atomic E-state index is 11.4. The molecule has 1 aromatic carbocycles. The maximum absolute atomic E-state index is 11.4. The van der Waals surface area contributed by atoms with Crippen LogP contribution in [0.2, 0.25) is 0 Å². The monoisotopic (exact) mass is 274 g/mol. The van der Waals surface area contributed by atoms with Crippen LogP contribution in [0.4, 0.5) is 4.79 Å². The molecular formula is C14H14N2O4. The molecule has 104 valence electrons. The van der Waals surface area contributed by atoms with E-state index >= 15 is 0 Å². The quantitative estimate of drug-likeness (QED) is 0.514. The minimum atomic E-state index is -0.666. The third kappa shape index (κ3) is 4.46. The molecule has 6 heteroatoms. The Morgan fingerprint density at radius 1 is 1.35 bits per heavy atom. The third-order valence-corrected chi connectivity index (χ3v) is 2.22. The average Bonchev–Trinajstić information content (AvgIpc) is 2.46. The fourth-order valence-electron chi connectivity index (χ4n) is 1.30. The van der Waals surface area contributed by atoms with E-state index in [1.165, 1.54) is 13.1 Å². The van der Waals surface area contributed by atoms with E-state index in [1.54, 1.807) is 37.3 Å². The smallest absolute Gasteiger partial charge is 0.412 e. The summed E-state index contributed by atoms with van der Waals surface area (Å²) in [6.45, 7) is 1.87. The summed E-state index contributed by atoms with van der Waals surface area (Å²) in [6.07, 6.45) is 0.833. The summed E-state index contributed by atoms with van der Waals surface area (Å²) in [7, 11) is 1.46. The van der Waals surface area contributed by atoms with Crippen LogP contribution in [0.5, 0.6) is 5.75 Å². The van der Waals surface area contributed by atoms with Crippen molar-refractivity contribution in [1.82, 2.24) is 5.32 Å². The van der Waals surface area contributed by atoms with Crippen molar-refractivity contribution in [2.75, 3.05) is 13.7 Å². The van der Waals surface area contributed by atoms with Gasteiger partial charge < -0.3 is 14.8 Å². The summed E-state index contributed by atoms with van der Waals surface area (Å²) < 4.78 is 9.66. The van der Waals surface area contributed by atoms with E-state index in [0.717, 1.165) is 0 Å². The zero-order valence-electron chi connectivity index (χ0n) is 11.2. The van der Waals surface area contributed by atoms with Gasteiger partial charge in [0, 0.05) is 7.05 Å². The molecular weight excluding hydrogens is 260 g/mol. The van der Waals surface area contributed by atoms with Gasteiger partial charge in [-0.1, -0.05) is 12.1 Å². The number of hydrogen-bond acceptors (Lipinski definition) is 5. The molecule has 0 atom stereocenters. The summed E-state index contributed by atoms with van der Waals surface area (Å²) in [6, 6.07) is 8.14. The molecule has 0 aliphatic carbocycles. The largest absolute Gasteiger partial charge is 0.462 e. The summed E-state index contributed by atoms with van der Waals surface area (Å²) in [5, 5.41) is 11.2. The number of nitrogens with zero attached hydrogens (tertiary/aromatic N) is 1. The topological polar surface area (TPSA) is 88.4 Å². The van der Waals surface area contributed by atoms with Crippen LogP contribution in [-0.4, -0.2) is 25.7 Å². The molecule has 0 aliphatic rings. The summed E-state index contributed by atoms with van der Waals surface area (Å²) in [5.41, 5.74) is 0.533. The van der Waals surface area contributed by atoms with Gasteiger partial charge in [0.05, 0.1) is 6.61 Å². The first-order valence-corrected chi connectivity index (χ1v) is 5.89. The van der Waals surface area contributed by atoms with Gasteiger partial charge in [-0.25, -0.2) is 9.59 Å². The lowest BCUT2D eigenvalue weighted by molar-refractivity contribution is -0.137. The lowest BCUT2D eigenvalue weighted by Crippen LogP contribution is -2.21. The van der Waals surface area contributed by atoms with Crippen molar-refractivity contribution in [3.8, 4) is 11.8 Å². The summed E-state index contributed by atoms with van der Waals surface area (Å²) in [4.78, 5) is 22.4. The van der Waals surface area contributed by atoms with Crippen molar-refractivity contribution in [1.29, 1.82) is 5.26 Å². The van der Waals surface area contributed by atoms with Crippen molar-refractivity contribution in [2.24, 2.45) is 0 Å². The number of carbonyl (C=O) groups is 2. The highest BCUT2D eigenvalue weighted by molar-refractivity contribution is 5.97. The number of esters is 1. The molecule has 0 fully saturated rings. The van der Waals surface area contributed by atoms with E-state index in [2.05, 4.69) is 5.32 Å². The van der Waals surface area contributed by atoms with Crippen molar-refractivity contribution in [3.05, 3.63) is 35.4 Å². The van der Waals surface area contributed by atoms with Crippen LogP contribution in [-0.2, 0) is 9.53 Å². The van der Waals surface area contributed by atoms with Crippen LogP contribution in [0, 0.1) is 11.3 Å². The summed E-state index contributed by atoms with van der Waals surface area (Å²) >= 11 is 0. The van der Waals surface area contributed by atoms with Crippen molar-refractivity contribution >= 4 is 18.1 Å². The van der Waals surface area contributed by atoms with E-state index in [-0.39, 0.29) is 12.2 Å². The highest BCUT2D eigenvalue weighted by Crippen LogP contribution is 2.15. The SMILES string of the molecule is CCOC(=O)/C(C#N)=C/c1ccc(OC(=O)NC)cc1. The molecule has 1 amide bonds. The Morgan fingerprint density at radius 2 is 2.00 bits per heavy atom. The van der Waals surface area contributed by atoms with Crippen LogP contribution in [0.3, 0.4) is 0 Å². The number of ether oxygens (including phenoxy) is 2. The fourth-order valence-corrected chi connectivity index (χ4v) is 1.30. The molecule has 1 N–H and O–H groups in total. The van der Waals surface area contributed by atoms with Crippen LogP contribution in [0.25, 0.3) is 6.08 Å². The molecule has 1 aromatic rings. The second-order valence-corrected chi connectivity index (χ2v) is 3.60. The minimum absolute atomic E-state index is 0.0909. The summed E-state index contributed by atoms with van der Waals surface area (Å²) in [5.74, 6) is -0.308. The van der Waals surface area contributed by atoms with Crippen LogP contribution in [0.1, 0.15) is 12.5 Å². The zero-order valence-corrected chi connectivity index (χ0v) is 11.2. The van der Waals surface area contributed by atoms with E-state index in [0.29, 0.717) is 11.3 Å². The minimum Gasteiger partial charge on any atom is -0.462 e. The molecule has 0 heterocycles. The van der Waals surface area contributed by atoms with Gasteiger partial charge in [0.15, 0.2) is 0 Å². The molecule has 0 spiro atoms. The van der Waals surface area contributed by atoms with E-state index in [9.17, 15) is 9.59 Å². The van der Waals surface area contributed by atoms with Crippen molar-refractivity contribution in [3.63, 3.8) is 0 Å². The van der Waals surface area contributed by atoms with E-state index in [1.807, 2.05) is 0 Å². The fraction of sp³-hybridized carbons (Fsp3) is 0.214. The Kier molecular flexibility index (Phi) is 5.78. The first kappa shape index (κ1) is 15.2. The van der Waals surface area contributed by atoms with Crippen molar-refractivity contribution < 1.29 is 19.1 Å². The van der Waals surface area contributed by atoms with Crippen LogP contribution in [0.15, 0.2) is 29.8 Å². The van der Waals surface area contributed by atoms with Gasteiger partial charge in [-0.15, -0.1) is 0 Å². The molecule has 1 rings (SSSR count). The molecule has 0 saturated carbocycles. The Labute approximate surface area is 116 Å². The maximum Gasteiger partial charge on any atom is 0.412 e. The molecule has 20 heavy (non-hydrogen) atoms. The van der Waals surface area contributed by atoms with Gasteiger partial charge in [0.2, 0.25) is 0 Å². The lowest BCUT2D eigenvalue weighted by Gasteiger charge is -2.03.